The van der Waals surface area contributed by atoms with Gasteiger partial charge in [0.05, 0.1) is 0 Å². The molecule has 6 heteroatoms. The third kappa shape index (κ3) is 1.92. The van der Waals surface area contributed by atoms with Crippen molar-refractivity contribution in [2.75, 3.05) is 11.5 Å². The molecule has 2 aliphatic rings. The normalized spacial score (nSPS) is 23.9. The Bertz CT molecular complexity index is 393. The second kappa shape index (κ2) is 4.91. The number of carbonyl (C=O) groups is 3. The second-order valence-electron chi connectivity index (χ2n) is 4.88. The van der Waals surface area contributed by atoms with E-state index in [4.69, 9.17) is 0 Å². The van der Waals surface area contributed by atoms with Gasteiger partial charge in [-0.25, -0.2) is 4.79 Å². The van der Waals surface area contributed by atoms with Gasteiger partial charge in [0.1, 0.15) is 5.41 Å². The van der Waals surface area contributed by atoms with Gasteiger partial charge in [-0.2, -0.15) is 11.8 Å². The van der Waals surface area contributed by atoms with E-state index in [-0.39, 0.29) is 11.9 Å². The molecule has 1 aliphatic carbocycles. The topological polar surface area (TPSA) is 66.5 Å². The standard InChI is InChI=1S/C12H18N2O3S/c1-3-18-7-8(2)14-10(16)12(5-4-6-12)9(15)13-11(14)17/h8H,3-7H2,1-2H3,(H,13,15,17). The summed E-state index contributed by atoms with van der Waals surface area (Å²) in [6.07, 6.45) is 2.00. The van der Waals surface area contributed by atoms with E-state index in [1.165, 1.54) is 4.90 Å². The smallest absolute Gasteiger partial charge is 0.277 e. The number of hydrogen-bond acceptors (Lipinski definition) is 4. The zero-order chi connectivity index (χ0) is 13.3. The summed E-state index contributed by atoms with van der Waals surface area (Å²) >= 11 is 1.68. The Hall–Kier alpha value is -1.04. The first-order valence-electron chi connectivity index (χ1n) is 6.29. The fourth-order valence-electron chi connectivity index (χ4n) is 2.43. The maximum Gasteiger partial charge on any atom is 0.331 e. The number of carbonyl (C=O) groups excluding carboxylic acids is 3. The van der Waals surface area contributed by atoms with E-state index in [1.54, 1.807) is 11.8 Å². The molecule has 1 N–H and O–H groups in total. The second-order valence-corrected chi connectivity index (χ2v) is 6.20. The highest BCUT2D eigenvalue weighted by molar-refractivity contribution is 7.99. The minimum atomic E-state index is -0.945. The summed E-state index contributed by atoms with van der Waals surface area (Å²) in [5.41, 5.74) is -0.945. The number of imide groups is 2. The average molecular weight is 270 g/mol. The molecule has 1 spiro atoms. The van der Waals surface area contributed by atoms with Gasteiger partial charge in [0.25, 0.3) is 0 Å². The van der Waals surface area contributed by atoms with Crippen LogP contribution in [0.3, 0.4) is 0 Å². The van der Waals surface area contributed by atoms with Crippen LogP contribution < -0.4 is 5.32 Å². The summed E-state index contributed by atoms with van der Waals surface area (Å²) in [7, 11) is 0. The van der Waals surface area contributed by atoms with Gasteiger partial charge in [0.2, 0.25) is 11.8 Å². The molecule has 2 rings (SSSR count). The van der Waals surface area contributed by atoms with Crippen LogP contribution in [0.5, 0.6) is 0 Å². The molecule has 0 aromatic carbocycles. The quantitative estimate of drug-likeness (QED) is 0.784. The minimum Gasteiger partial charge on any atom is -0.277 e. The molecule has 0 bridgehead atoms. The summed E-state index contributed by atoms with van der Waals surface area (Å²) in [5.74, 6) is 0.944. The molecule has 1 saturated carbocycles. The van der Waals surface area contributed by atoms with Crippen LogP contribution in [0.15, 0.2) is 0 Å². The van der Waals surface area contributed by atoms with Crippen molar-refractivity contribution >= 4 is 29.6 Å². The van der Waals surface area contributed by atoms with Crippen molar-refractivity contribution in [3.63, 3.8) is 0 Å². The summed E-state index contributed by atoms with van der Waals surface area (Å²) in [5, 5.41) is 2.33. The Morgan fingerprint density at radius 2 is 2.06 bits per heavy atom. The maximum absolute atomic E-state index is 12.4. The van der Waals surface area contributed by atoms with E-state index in [1.807, 2.05) is 13.8 Å². The fraction of sp³-hybridized carbons (Fsp3) is 0.750. The average Bonchev–Trinajstić information content (AvgIpc) is 2.23. The first-order valence-corrected chi connectivity index (χ1v) is 7.45. The first kappa shape index (κ1) is 13.4. The van der Waals surface area contributed by atoms with Crippen LogP contribution in [-0.4, -0.2) is 40.3 Å². The Balaban J connectivity index is 2.16. The maximum atomic E-state index is 12.4. The van der Waals surface area contributed by atoms with Crippen molar-refractivity contribution in [1.29, 1.82) is 0 Å². The number of thioether (sulfide) groups is 1. The lowest BCUT2D eigenvalue weighted by Crippen LogP contribution is -2.68. The van der Waals surface area contributed by atoms with Gasteiger partial charge >= 0.3 is 6.03 Å². The molecule has 5 nitrogen and oxygen atoms in total. The van der Waals surface area contributed by atoms with E-state index >= 15 is 0 Å². The summed E-state index contributed by atoms with van der Waals surface area (Å²) < 4.78 is 0. The molecule has 1 unspecified atom stereocenters. The Morgan fingerprint density at radius 3 is 2.56 bits per heavy atom. The third-order valence-electron chi connectivity index (χ3n) is 3.71. The molecule has 2 fully saturated rings. The highest BCUT2D eigenvalue weighted by Crippen LogP contribution is 2.44. The van der Waals surface area contributed by atoms with Crippen LogP contribution in [0.4, 0.5) is 4.79 Å². The van der Waals surface area contributed by atoms with Gasteiger partial charge in [-0.05, 0) is 25.5 Å². The molecule has 1 heterocycles. The van der Waals surface area contributed by atoms with Crippen molar-refractivity contribution in [2.24, 2.45) is 5.41 Å². The van der Waals surface area contributed by atoms with Crippen molar-refractivity contribution in [1.82, 2.24) is 10.2 Å². The van der Waals surface area contributed by atoms with Crippen LogP contribution in [0.2, 0.25) is 0 Å². The Labute approximate surface area is 111 Å². The fourth-order valence-corrected chi connectivity index (χ4v) is 3.16. The van der Waals surface area contributed by atoms with E-state index in [0.29, 0.717) is 18.6 Å². The summed E-state index contributed by atoms with van der Waals surface area (Å²) in [4.78, 5) is 37.3. The zero-order valence-electron chi connectivity index (χ0n) is 10.7. The number of nitrogens with one attached hydrogen (secondary N) is 1. The molecular weight excluding hydrogens is 252 g/mol. The molecule has 4 amide bonds. The largest absolute Gasteiger partial charge is 0.331 e. The van der Waals surface area contributed by atoms with E-state index in [0.717, 1.165) is 12.2 Å². The molecule has 1 aliphatic heterocycles. The number of nitrogens with zero attached hydrogens (tertiary/aromatic N) is 1. The van der Waals surface area contributed by atoms with Crippen LogP contribution in [0.25, 0.3) is 0 Å². The molecule has 0 aromatic rings. The summed E-state index contributed by atoms with van der Waals surface area (Å²) in [6.45, 7) is 3.88. The SMILES string of the molecule is CCSCC(C)N1C(=O)NC(=O)C2(CCC2)C1=O. The molecule has 1 saturated heterocycles. The molecule has 18 heavy (non-hydrogen) atoms. The molecular formula is C12H18N2O3S. The van der Waals surface area contributed by atoms with Gasteiger partial charge in [0, 0.05) is 11.8 Å². The first-order chi connectivity index (χ1) is 8.53. The predicted octanol–water partition coefficient (Wildman–Crippen LogP) is 1.38. The monoisotopic (exact) mass is 270 g/mol. The number of barbiturate groups is 1. The number of hydrogen-bond donors (Lipinski definition) is 1. The van der Waals surface area contributed by atoms with Gasteiger partial charge in [-0.3, -0.25) is 19.8 Å². The van der Waals surface area contributed by atoms with Gasteiger partial charge in [-0.1, -0.05) is 13.3 Å². The van der Waals surface area contributed by atoms with Gasteiger partial charge < -0.3 is 0 Å². The van der Waals surface area contributed by atoms with E-state index < -0.39 is 17.4 Å². The molecule has 0 radical (unpaired) electrons. The molecule has 0 aromatic heterocycles. The van der Waals surface area contributed by atoms with Crippen molar-refractivity contribution in [3.05, 3.63) is 0 Å². The van der Waals surface area contributed by atoms with Gasteiger partial charge in [0.15, 0.2) is 0 Å². The van der Waals surface area contributed by atoms with Crippen molar-refractivity contribution in [2.45, 2.75) is 39.2 Å². The predicted molar refractivity (Wildman–Crippen MR) is 69.1 cm³/mol. The van der Waals surface area contributed by atoms with Crippen LogP contribution >= 0.6 is 11.8 Å². The molecule has 1 atom stereocenters. The van der Waals surface area contributed by atoms with Crippen LogP contribution in [0, 0.1) is 5.41 Å². The minimum absolute atomic E-state index is 0.173. The van der Waals surface area contributed by atoms with Crippen molar-refractivity contribution in [3.8, 4) is 0 Å². The van der Waals surface area contributed by atoms with Crippen LogP contribution in [-0.2, 0) is 9.59 Å². The van der Waals surface area contributed by atoms with Gasteiger partial charge in [-0.15, -0.1) is 0 Å². The number of urea groups is 1. The highest BCUT2D eigenvalue weighted by atomic mass is 32.2. The Morgan fingerprint density at radius 1 is 1.39 bits per heavy atom. The zero-order valence-corrected chi connectivity index (χ0v) is 11.5. The Kier molecular flexibility index (Phi) is 3.66. The third-order valence-corrected chi connectivity index (χ3v) is 4.84. The lowest BCUT2D eigenvalue weighted by Gasteiger charge is -2.46. The van der Waals surface area contributed by atoms with E-state index in [9.17, 15) is 14.4 Å². The van der Waals surface area contributed by atoms with E-state index in [2.05, 4.69) is 5.32 Å². The lowest BCUT2D eigenvalue weighted by molar-refractivity contribution is -0.158. The highest BCUT2D eigenvalue weighted by Gasteiger charge is 2.57. The van der Waals surface area contributed by atoms with Crippen molar-refractivity contribution < 1.29 is 14.4 Å². The van der Waals surface area contributed by atoms with Crippen LogP contribution in [0.1, 0.15) is 33.1 Å². The summed E-state index contributed by atoms with van der Waals surface area (Å²) in [6, 6.07) is -0.736. The number of amides is 4. The molecule has 100 valence electrons. The number of rotatable bonds is 4. The lowest BCUT2D eigenvalue weighted by atomic mass is 9.66.